The third-order valence-corrected chi connectivity index (χ3v) is 2.07. The first-order chi connectivity index (χ1) is 6.70. The fraction of sp³-hybridized carbons (Fsp3) is 0. The number of hydrogen-bond acceptors (Lipinski definition) is 3. The summed E-state index contributed by atoms with van der Waals surface area (Å²) in [5, 5.41) is 0.694. The molecule has 70 valence electrons. The zero-order chi connectivity index (χ0) is 10.1. The van der Waals surface area contributed by atoms with Crippen molar-refractivity contribution in [2.45, 2.75) is 0 Å². The first-order valence-electron chi connectivity index (χ1n) is 4.13. The van der Waals surface area contributed by atoms with Crippen molar-refractivity contribution in [1.82, 2.24) is 4.98 Å². The van der Waals surface area contributed by atoms with Crippen LogP contribution in [0.2, 0.25) is 0 Å². The van der Waals surface area contributed by atoms with Gasteiger partial charge in [0.15, 0.2) is 0 Å². The van der Waals surface area contributed by atoms with Gasteiger partial charge in [-0.2, -0.15) is 0 Å². The van der Waals surface area contributed by atoms with Gasteiger partial charge in [-0.25, -0.2) is 0 Å². The molecule has 1 aromatic carbocycles. The topological polar surface area (TPSA) is 82.0 Å². The maximum Gasteiger partial charge on any atom is 0.249 e. The number of carbonyl (C=O) groups excluding carboxylic acids is 1. The summed E-state index contributed by atoms with van der Waals surface area (Å²) in [6, 6.07) is 6.77. The Morgan fingerprint density at radius 1 is 1.29 bits per heavy atom. The monoisotopic (exact) mass is 187 g/mol. The molecular weight excluding hydrogens is 178 g/mol. The fourth-order valence-electron chi connectivity index (χ4n) is 1.41. The van der Waals surface area contributed by atoms with Crippen molar-refractivity contribution in [2.24, 2.45) is 5.73 Å². The predicted octanol–water partition coefficient (Wildman–Crippen LogP) is 0.916. The first-order valence-corrected chi connectivity index (χ1v) is 4.13. The van der Waals surface area contributed by atoms with Gasteiger partial charge in [-0.15, -0.1) is 0 Å². The molecular formula is C10H9N3O. The van der Waals surface area contributed by atoms with Crippen LogP contribution in [0.25, 0.3) is 10.9 Å². The molecule has 0 aliphatic rings. The Kier molecular flexibility index (Phi) is 1.81. The van der Waals surface area contributed by atoms with Gasteiger partial charge in [0.05, 0.1) is 11.2 Å². The lowest BCUT2D eigenvalue weighted by atomic mass is 10.1. The molecule has 0 aliphatic heterocycles. The molecule has 0 unspecified atom stereocenters. The zero-order valence-electron chi connectivity index (χ0n) is 7.40. The standard InChI is InChI=1S/C10H9N3O/c11-8-4-3-7(10(12)14)6-2-1-5-13-9(6)8/h1-5H,11H2,(H2,12,14). The Morgan fingerprint density at radius 2 is 2.07 bits per heavy atom. The van der Waals surface area contributed by atoms with Gasteiger partial charge in [-0.3, -0.25) is 9.78 Å². The van der Waals surface area contributed by atoms with Crippen molar-refractivity contribution < 1.29 is 4.79 Å². The largest absolute Gasteiger partial charge is 0.397 e. The van der Waals surface area contributed by atoms with Crippen LogP contribution in [-0.2, 0) is 0 Å². The third kappa shape index (κ3) is 1.17. The molecule has 1 heterocycles. The molecule has 4 N–H and O–H groups in total. The molecule has 0 saturated carbocycles. The second kappa shape index (κ2) is 2.99. The van der Waals surface area contributed by atoms with Crippen LogP contribution < -0.4 is 11.5 Å². The molecule has 4 nitrogen and oxygen atoms in total. The quantitative estimate of drug-likeness (QED) is 0.651. The van der Waals surface area contributed by atoms with E-state index in [0.29, 0.717) is 22.2 Å². The van der Waals surface area contributed by atoms with E-state index in [1.165, 1.54) is 0 Å². The van der Waals surface area contributed by atoms with E-state index < -0.39 is 5.91 Å². The van der Waals surface area contributed by atoms with Gasteiger partial charge in [-0.05, 0) is 18.2 Å². The number of carbonyl (C=O) groups is 1. The van der Waals surface area contributed by atoms with E-state index in [4.69, 9.17) is 11.5 Å². The summed E-state index contributed by atoms with van der Waals surface area (Å²) in [6.07, 6.45) is 1.63. The maximum atomic E-state index is 11.1. The second-order valence-corrected chi connectivity index (χ2v) is 2.97. The summed E-state index contributed by atoms with van der Waals surface area (Å²) >= 11 is 0. The normalized spacial score (nSPS) is 10.3. The van der Waals surface area contributed by atoms with E-state index >= 15 is 0 Å². The minimum absolute atomic E-state index is 0.447. The molecule has 0 bridgehead atoms. The molecule has 14 heavy (non-hydrogen) atoms. The summed E-state index contributed by atoms with van der Waals surface area (Å²) < 4.78 is 0. The number of anilines is 1. The van der Waals surface area contributed by atoms with Crippen LogP contribution in [0.15, 0.2) is 30.5 Å². The number of amides is 1. The molecule has 2 rings (SSSR count). The molecule has 1 amide bonds. The Balaban J connectivity index is 2.88. The highest BCUT2D eigenvalue weighted by atomic mass is 16.1. The first kappa shape index (κ1) is 8.50. The number of nitrogens with zero attached hydrogens (tertiary/aromatic N) is 1. The molecule has 0 saturated heterocycles. The molecule has 0 atom stereocenters. The number of nitrogen functional groups attached to an aromatic ring is 1. The maximum absolute atomic E-state index is 11.1. The molecule has 0 radical (unpaired) electrons. The molecule has 0 fully saturated rings. The number of nitrogens with two attached hydrogens (primary N) is 2. The number of primary amides is 1. The van der Waals surface area contributed by atoms with Crippen molar-refractivity contribution in [2.75, 3.05) is 5.73 Å². The fourth-order valence-corrected chi connectivity index (χ4v) is 1.41. The van der Waals surface area contributed by atoms with Gasteiger partial charge in [0.25, 0.3) is 0 Å². The Bertz CT molecular complexity index is 508. The summed E-state index contributed by atoms with van der Waals surface area (Å²) in [4.78, 5) is 15.2. The van der Waals surface area contributed by atoms with Crippen LogP contribution in [0, 0.1) is 0 Å². The third-order valence-electron chi connectivity index (χ3n) is 2.07. The lowest BCUT2D eigenvalue weighted by molar-refractivity contribution is 0.100. The number of rotatable bonds is 1. The number of benzene rings is 1. The number of fused-ring (bicyclic) bond motifs is 1. The minimum Gasteiger partial charge on any atom is -0.397 e. The van der Waals surface area contributed by atoms with E-state index in [2.05, 4.69) is 4.98 Å². The van der Waals surface area contributed by atoms with E-state index in [-0.39, 0.29) is 0 Å². The van der Waals surface area contributed by atoms with Crippen molar-refractivity contribution >= 4 is 22.5 Å². The smallest absolute Gasteiger partial charge is 0.249 e. The number of hydrogen-bond donors (Lipinski definition) is 2. The summed E-state index contributed by atoms with van der Waals surface area (Å²) in [5.74, 6) is -0.469. The average molecular weight is 187 g/mol. The molecule has 0 spiro atoms. The molecule has 2 aromatic rings. The van der Waals surface area contributed by atoms with Gasteiger partial charge in [0, 0.05) is 17.1 Å². The Morgan fingerprint density at radius 3 is 2.79 bits per heavy atom. The van der Waals surface area contributed by atoms with Crippen molar-refractivity contribution in [3.8, 4) is 0 Å². The van der Waals surface area contributed by atoms with Crippen LogP contribution in [0.1, 0.15) is 10.4 Å². The number of pyridine rings is 1. The van der Waals surface area contributed by atoms with Gasteiger partial charge >= 0.3 is 0 Å². The molecule has 1 aromatic heterocycles. The summed E-state index contributed by atoms with van der Waals surface area (Å²) in [7, 11) is 0. The van der Waals surface area contributed by atoms with Crippen LogP contribution in [-0.4, -0.2) is 10.9 Å². The van der Waals surface area contributed by atoms with Crippen LogP contribution >= 0.6 is 0 Å². The van der Waals surface area contributed by atoms with Crippen molar-refractivity contribution in [3.63, 3.8) is 0 Å². The predicted molar refractivity (Wildman–Crippen MR) is 54.7 cm³/mol. The van der Waals surface area contributed by atoms with E-state index in [0.717, 1.165) is 0 Å². The average Bonchev–Trinajstić information content (AvgIpc) is 2.18. The summed E-state index contributed by atoms with van der Waals surface area (Å²) in [6.45, 7) is 0. The van der Waals surface area contributed by atoms with E-state index in [1.54, 1.807) is 30.5 Å². The SMILES string of the molecule is NC(=O)c1ccc(N)c2ncccc12. The minimum atomic E-state index is -0.469. The second-order valence-electron chi connectivity index (χ2n) is 2.97. The zero-order valence-corrected chi connectivity index (χ0v) is 7.40. The number of aromatic nitrogens is 1. The van der Waals surface area contributed by atoms with Crippen LogP contribution in [0.4, 0.5) is 5.69 Å². The van der Waals surface area contributed by atoms with Crippen LogP contribution in [0.3, 0.4) is 0 Å². The lowest BCUT2D eigenvalue weighted by Crippen LogP contribution is -2.11. The van der Waals surface area contributed by atoms with Gasteiger partial charge < -0.3 is 11.5 Å². The van der Waals surface area contributed by atoms with Gasteiger partial charge in [0.2, 0.25) is 5.91 Å². The lowest BCUT2D eigenvalue weighted by Gasteiger charge is -2.04. The summed E-state index contributed by atoms with van der Waals surface area (Å²) in [5.41, 5.74) is 12.5. The van der Waals surface area contributed by atoms with Gasteiger partial charge in [-0.1, -0.05) is 6.07 Å². The van der Waals surface area contributed by atoms with Crippen molar-refractivity contribution in [3.05, 3.63) is 36.0 Å². The Hall–Kier alpha value is -2.10. The highest BCUT2D eigenvalue weighted by Gasteiger charge is 2.08. The highest BCUT2D eigenvalue weighted by molar-refractivity contribution is 6.08. The van der Waals surface area contributed by atoms with Crippen LogP contribution in [0.5, 0.6) is 0 Å². The van der Waals surface area contributed by atoms with Gasteiger partial charge in [0.1, 0.15) is 0 Å². The molecule has 0 aliphatic carbocycles. The van der Waals surface area contributed by atoms with Crippen molar-refractivity contribution in [1.29, 1.82) is 0 Å². The molecule has 4 heteroatoms. The van der Waals surface area contributed by atoms with E-state index in [9.17, 15) is 4.79 Å². The highest BCUT2D eigenvalue weighted by Crippen LogP contribution is 2.21. The van der Waals surface area contributed by atoms with E-state index in [1.807, 2.05) is 0 Å². The Labute approximate surface area is 80.5 Å².